The highest BCUT2D eigenvalue weighted by Gasteiger charge is 2.52. The molecule has 8 nitrogen and oxygen atoms in total. The van der Waals surface area contributed by atoms with Crippen molar-refractivity contribution in [3.63, 3.8) is 0 Å². The molecule has 0 saturated carbocycles. The van der Waals surface area contributed by atoms with Crippen molar-refractivity contribution in [2.24, 2.45) is 0 Å². The van der Waals surface area contributed by atoms with Gasteiger partial charge in [-0.05, 0) is 42.3 Å². The molecule has 2 aliphatic heterocycles. The van der Waals surface area contributed by atoms with E-state index in [4.69, 9.17) is 0 Å². The Balaban J connectivity index is 1.55. The Bertz CT molecular complexity index is 1270. The van der Waals surface area contributed by atoms with Gasteiger partial charge in [0.1, 0.15) is 48.4 Å². The summed E-state index contributed by atoms with van der Waals surface area (Å²) in [5.74, 6) is -0.481. The summed E-state index contributed by atoms with van der Waals surface area (Å²) in [7, 11) is 3.93. The summed E-state index contributed by atoms with van der Waals surface area (Å²) >= 11 is 0. The highest BCUT2D eigenvalue weighted by Crippen LogP contribution is 2.45. The van der Waals surface area contributed by atoms with Crippen molar-refractivity contribution in [2.75, 3.05) is 0 Å². The van der Waals surface area contributed by atoms with Crippen LogP contribution in [0.1, 0.15) is 36.4 Å². The fourth-order valence-corrected chi connectivity index (χ4v) is 8.17. The van der Waals surface area contributed by atoms with E-state index in [1.165, 1.54) is 18.6 Å². The van der Waals surface area contributed by atoms with Gasteiger partial charge in [0.15, 0.2) is 5.65 Å². The predicted molar refractivity (Wildman–Crippen MR) is 124 cm³/mol. The van der Waals surface area contributed by atoms with Gasteiger partial charge in [-0.2, -0.15) is 10.2 Å². The molecule has 5 heterocycles. The summed E-state index contributed by atoms with van der Waals surface area (Å²) in [5.41, 5.74) is 1.79. The molecule has 0 aliphatic carbocycles. The van der Waals surface area contributed by atoms with Crippen molar-refractivity contribution in [3.05, 3.63) is 41.9 Å². The van der Waals surface area contributed by atoms with Crippen molar-refractivity contribution in [2.45, 2.75) is 53.7 Å². The lowest BCUT2D eigenvalue weighted by Crippen LogP contribution is -2.68. The second kappa shape index (κ2) is 6.71. The van der Waals surface area contributed by atoms with Crippen molar-refractivity contribution in [3.8, 4) is 0 Å². The van der Waals surface area contributed by atoms with Crippen LogP contribution in [-0.4, -0.2) is 79.2 Å². The molecule has 0 N–H and O–H groups in total. The molecule has 2 aliphatic rings. The van der Waals surface area contributed by atoms with Crippen LogP contribution in [0.2, 0.25) is 0 Å². The van der Waals surface area contributed by atoms with Gasteiger partial charge in [-0.25, -0.2) is 26.6 Å². The molecule has 0 amide bonds. The number of piperidine rings is 1. The number of pyridine rings is 1. The first-order valence-corrected chi connectivity index (χ1v) is 12.0. The number of aryl methyl sites for hydroxylation is 1. The number of halogens is 1. The van der Waals surface area contributed by atoms with E-state index in [9.17, 15) is 12.8 Å². The standard InChI is InChI=1S/C17H23B4FN6O2S/c18-16(19)5-10(11-8-27-15(4-12(11)22)23-9-25-27)6-17(20,21)28(16)31(29,30)14-7-24-26-3-1-2-13(14)26/h4,7-10H,1-3,5-6,18-21H2. The number of fused-ring (bicyclic) bond motifs is 2. The molecular formula is C17H23B4FN6O2S. The van der Waals surface area contributed by atoms with E-state index in [1.807, 2.05) is 31.4 Å². The maximum absolute atomic E-state index is 15.0. The lowest BCUT2D eigenvalue weighted by Gasteiger charge is -2.55. The number of hydrogen-bond acceptors (Lipinski definition) is 5. The summed E-state index contributed by atoms with van der Waals surface area (Å²) in [4.78, 5) is 4.35. The van der Waals surface area contributed by atoms with E-state index in [2.05, 4.69) is 15.2 Å². The molecular weight excluding hydrogens is 415 g/mol. The van der Waals surface area contributed by atoms with E-state index < -0.39 is 20.7 Å². The molecule has 31 heavy (non-hydrogen) atoms. The monoisotopic (exact) mass is 438 g/mol. The Morgan fingerprint density at radius 2 is 1.84 bits per heavy atom. The molecule has 0 radical (unpaired) electrons. The van der Waals surface area contributed by atoms with Gasteiger partial charge in [-0.15, -0.1) is 0 Å². The molecule has 1 saturated heterocycles. The van der Waals surface area contributed by atoms with Crippen LogP contribution in [0.5, 0.6) is 0 Å². The van der Waals surface area contributed by atoms with Crippen LogP contribution in [0.25, 0.3) is 5.65 Å². The minimum Gasteiger partial charge on any atom is -0.268 e. The molecule has 0 aromatic carbocycles. The second-order valence-corrected chi connectivity index (χ2v) is 11.7. The molecule has 14 heteroatoms. The van der Waals surface area contributed by atoms with Crippen molar-refractivity contribution < 1.29 is 12.8 Å². The van der Waals surface area contributed by atoms with Crippen LogP contribution in [0.3, 0.4) is 0 Å². The van der Waals surface area contributed by atoms with Crippen LogP contribution in [0.4, 0.5) is 4.39 Å². The SMILES string of the molecule is BC1(B)CC(c2cn3ncnc3cc2F)CC(B)(B)N1S(=O)(=O)c1cnn2c1CCC2. The third-order valence-electron chi connectivity index (χ3n) is 6.64. The van der Waals surface area contributed by atoms with Crippen LogP contribution in [0.15, 0.2) is 29.7 Å². The number of nitrogens with zero attached hydrogens (tertiary/aromatic N) is 6. The normalized spacial score (nSPS) is 21.5. The molecule has 3 aromatic heterocycles. The second-order valence-electron chi connectivity index (χ2n) is 9.92. The Labute approximate surface area is 184 Å². The van der Waals surface area contributed by atoms with E-state index in [0.717, 1.165) is 25.1 Å². The first-order valence-electron chi connectivity index (χ1n) is 10.6. The average Bonchev–Trinajstić information content (AvgIpc) is 3.34. The van der Waals surface area contributed by atoms with Gasteiger partial charge in [0.2, 0.25) is 10.0 Å². The Hall–Kier alpha value is -2.07. The largest absolute Gasteiger partial charge is 0.268 e. The zero-order valence-corrected chi connectivity index (χ0v) is 19.0. The number of aromatic nitrogens is 5. The van der Waals surface area contributed by atoms with Gasteiger partial charge in [0.05, 0.1) is 11.9 Å². The highest BCUT2D eigenvalue weighted by molar-refractivity contribution is 7.89. The number of sulfonamides is 1. The lowest BCUT2D eigenvalue weighted by atomic mass is 9.46. The molecule has 1 fully saturated rings. The van der Waals surface area contributed by atoms with Gasteiger partial charge < -0.3 is 0 Å². The van der Waals surface area contributed by atoms with Crippen LogP contribution in [-0.2, 0) is 23.0 Å². The maximum atomic E-state index is 15.0. The smallest absolute Gasteiger partial charge is 0.244 e. The number of rotatable bonds is 3. The molecule has 3 aromatic rings. The van der Waals surface area contributed by atoms with E-state index in [1.54, 1.807) is 19.7 Å². The Morgan fingerprint density at radius 3 is 2.55 bits per heavy atom. The molecule has 0 unspecified atom stereocenters. The fraction of sp³-hybridized carbons (Fsp3) is 0.471. The minimum atomic E-state index is -3.77. The van der Waals surface area contributed by atoms with Crippen LogP contribution in [0, 0.1) is 5.82 Å². The Kier molecular flexibility index (Phi) is 4.51. The first kappa shape index (κ1) is 20.8. The third-order valence-corrected chi connectivity index (χ3v) is 9.00. The molecule has 5 rings (SSSR count). The highest BCUT2D eigenvalue weighted by atomic mass is 32.2. The molecule has 0 spiro atoms. The van der Waals surface area contributed by atoms with Gasteiger partial charge in [-0.3, -0.25) is 4.68 Å². The summed E-state index contributed by atoms with van der Waals surface area (Å²) in [5, 5.41) is 6.99. The maximum Gasteiger partial charge on any atom is 0.244 e. The van der Waals surface area contributed by atoms with Gasteiger partial charge in [0.25, 0.3) is 0 Å². The van der Waals surface area contributed by atoms with Crippen molar-refractivity contribution in [1.82, 2.24) is 28.7 Å². The van der Waals surface area contributed by atoms with Gasteiger partial charge in [-0.1, -0.05) is 0 Å². The first-order chi connectivity index (χ1) is 14.5. The topological polar surface area (TPSA) is 85.4 Å². The van der Waals surface area contributed by atoms with Crippen molar-refractivity contribution in [1.29, 1.82) is 0 Å². The molecule has 0 bridgehead atoms. The van der Waals surface area contributed by atoms with E-state index in [0.29, 0.717) is 28.9 Å². The van der Waals surface area contributed by atoms with Gasteiger partial charge >= 0.3 is 0 Å². The number of hydrogen-bond donors (Lipinski definition) is 0. The summed E-state index contributed by atoms with van der Waals surface area (Å²) in [6.45, 7) is 0.754. The zero-order valence-electron chi connectivity index (χ0n) is 18.2. The summed E-state index contributed by atoms with van der Waals surface area (Å²) in [6.07, 6.45) is 7.18. The summed E-state index contributed by atoms with van der Waals surface area (Å²) in [6, 6.07) is 1.39. The van der Waals surface area contributed by atoms with Crippen LogP contribution < -0.4 is 0 Å². The predicted octanol–water partition coefficient (Wildman–Crippen LogP) is -2.58. The van der Waals surface area contributed by atoms with E-state index >= 15 is 0 Å². The average molecular weight is 438 g/mol. The fourth-order valence-electron chi connectivity index (χ4n) is 5.83. The van der Waals surface area contributed by atoms with Crippen molar-refractivity contribution >= 4 is 47.1 Å². The molecule has 0 atom stereocenters. The van der Waals surface area contributed by atoms with E-state index in [-0.39, 0.29) is 11.7 Å². The Morgan fingerprint density at radius 1 is 1.13 bits per heavy atom. The zero-order chi connectivity index (χ0) is 22.2. The quantitative estimate of drug-likeness (QED) is 0.420. The molecule has 158 valence electrons. The third kappa shape index (κ3) is 3.17. The van der Waals surface area contributed by atoms with Crippen LogP contribution >= 0.6 is 0 Å². The summed E-state index contributed by atoms with van der Waals surface area (Å²) < 4.78 is 47.7. The lowest BCUT2D eigenvalue weighted by molar-refractivity contribution is 0.206. The van der Waals surface area contributed by atoms with Gasteiger partial charge in [0, 0.05) is 24.4 Å². The minimum absolute atomic E-state index is 0.150.